The highest BCUT2D eigenvalue weighted by Gasteiger charge is 2.31. The fourth-order valence-corrected chi connectivity index (χ4v) is 3.44. The van der Waals surface area contributed by atoms with Crippen LogP contribution in [0, 0.1) is 0 Å². The maximum absolute atomic E-state index is 12.1. The van der Waals surface area contributed by atoms with Crippen LogP contribution in [-0.4, -0.2) is 44.3 Å². The maximum atomic E-state index is 12.1. The Labute approximate surface area is 146 Å². The van der Waals surface area contributed by atoms with Gasteiger partial charge in [-0.25, -0.2) is 13.2 Å². The van der Waals surface area contributed by atoms with Crippen LogP contribution < -0.4 is 10.0 Å². The predicted molar refractivity (Wildman–Crippen MR) is 91.6 cm³/mol. The second kappa shape index (κ2) is 7.22. The van der Waals surface area contributed by atoms with E-state index in [1.807, 2.05) is 0 Å². The van der Waals surface area contributed by atoms with Crippen molar-refractivity contribution < 1.29 is 22.7 Å². The average molecular weight is 367 g/mol. The monoisotopic (exact) mass is 367 g/mol. The molecule has 1 aliphatic rings. The number of esters is 1. The first-order chi connectivity index (χ1) is 11.6. The number of carbonyl (C=O) groups is 2. The highest BCUT2D eigenvalue weighted by molar-refractivity contribution is 7.90. The van der Waals surface area contributed by atoms with Crippen LogP contribution in [0.3, 0.4) is 0 Å². The number of benzene rings is 1. The van der Waals surface area contributed by atoms with Crippen molar-refractivity contribution in [2.24, 2.45) is 4.99 Å². The molecule has 25 heavy (non-hydrogen) atoms. The van der Waals surface area contributed by atoms with E-state index < -0.39 is 34.0 Å². The number of amidine groups is 1. The van der Waals surface area contributed by atoms with Gasteiger partial charge in [0.15, 0.2) is 6.10 Å². The van der Waals surface area contributed by atoms with E-state index in [1.165, 1.54) is 19.9 Å². The Morgan fingerprint density at radius 1 is 1.16 bits per heavy atom. The Bertz CT molecular complexity index is 817. The molecule has 0 aromatic heterocycles. The molecule has 0 saturated carbocycles. The fourth-order valence-electron chi connectivity index (χ4n) is 2.20. The van der Waals surface area contributed by atoms with E-state index in [-0.39, 0.29) is 16.8 Å². The van der Waals surface area contributed by atoms with E-state index in [1.54, 1.807) is 32.0 Å². The highest BCUT2D eigenvalue weighted by Crippen LogP contribution is 2.22. The molecule has 2 rings (SSSR count). The van der Waals surface area contributed by atoms with Crippen LogP contribution in [0.25, 0.3) is 0 Å². The number of amides is 1. The zero-order chi connectivity index (χ0) is 18.8. The van der Waals surface area contributed by atoms with Crippen LogP contribution in [0.1, 0.15) is 33.3 Å². The van der Waals surface area contributed by atoms with Gasteiger partial charge in [-0.05, 0) is 39.8 Å². The van der Waals surface area contributed by atoms with Crippen molar-refractivity contribution in [2.75, 3.05) is 0 Å². The van der Waals surface area contributed by atoms with Crippen molar-refractivity contribution >= 4 is 27.7 Å². The lowest BCUT2D eigenvalue weighted by Gasteiger charge is -2.16. The molecule has 1 aromatic carbocycles. The molecular weight excluding hydrogens is 346 g/mol. The number of aliphatic imine (C=N–C) groups is 1. The number of nitrogens with zero attached hydrogens (tertiary/aromatic N) is 1. The van der Waals surface area contributed by atoms with E-state index in [0.717, 1.165) is 0 Å². The maximum Gasteiger partial charge on any atom is 0.331 e. The summed E-state index contributed by atoms with van der Waals surface area (Å²) < 4.78 is 31.5. The number of rotatable bonds is 5. The minimum atomic E-state index is -3.67. The summed E-state index contributed by atoms with van der Waals surface area (Å²) >= 11 is 0. The van der Waals surface area contributed by atoms with Gasteiger partial charge in [-0.1, -0.05) is 12.1 Å². The lowest BCUT2D eigenvalue weighted by molar-refractivity contribution is -0.155. The van der Waals surface area contributed by atoms with Gasteiger partial charge in [0.2, 0.25) is 0 Å². The van der Waals surface area contributed by atoms with Gasteiger partial charge in [-0.15, -0.1) is 0 Å². The number of ether oxygens (including phenoxy) is 1. The Morgan fingerprint density at radius 3 is 2.44 bits per heavy atom. The predicted octanol–water partition coefficient (Wildman–Crippen LogP) is 0.570. The quantitative estimate of drug-likeness (QED) is 0.739. The fraction of sp³-hybridized carbons (Fsp3) is 0.438. The van der Waals surface area contributed by atoms with Crippen LogP contribution in [0.15, 0.2) is 34.2 Å². The summed E-state index contributed by atoms with van der Waals surface area (Å²) in [6.07, 6.45) is -0.967. The summed E-state index contributed by atoms with van der Waals surface area (Å²) in [6.45, 7) is 6.52. The van der Waals surface area contributed by atoms with Crippen molar-refractivity contribution in [1.82, 2.24) is 10.0 Å². The molecule has 0 bridgehead atoms. The first-order valence-electron chi connectivity index (χ1n) is 7.82. The second-order valence-corrected chi connectivity index (χ2v) is 7.65. The van der Waals surface area contributed by atoms with Gasteiger partial charge in [0.05, 0.1) is 4.90 Å². The molecule has 136 valence electrons. The third-order valence-electron chi connectivity index (χ3n) is 3.42. The molecule has 0 fully saturated rings. The molecule has 1 aromatic rings. The largest absolute Gasteiger partial charge is 0.451 e. The smallest absolute Gasteiger partial charge is 0.331 e. The molecule has 2 atom stereocenters. The first-order valence-corrected chi connectivity index (χ1v) is 9.31. The van der Waals surface area contributed by atoms with E-state index in [9.17, 15) is 18.0 Å². The molecule has 0 radical (unpaired) electrons. The average Bonchev–Trinajstić information content (AvgIpc) is 2.77. The number of sulfonamides is 1. The molecular formula is C16H21N3O5S. The topological polar surface area (TPSA) is 114 Å². The molecule has 1 aliphatic heterocycles. The number of nitrogens with one attached hydrogen (secondary N) is 2. The van der Waals surface area contributed by atoms with Crippen LogP contribution in [0.5, 0.6) is 0 Å². The van der Waals surface area contributed by atoms with Gasteiger partial charge in [-0.2, -0.15) is 0 Å². The normalized spacial score (nSPS) is 19.0. The van der Waals surface area contributed by atoms with Crippen LogP contribution in [-0.2, 0) is 24.3 Å². The van der Waals surface area contributed by atoms with E-state index >= 15 is 0 Å². The summed E-state index contributed by atoms with van der Waals surface area (Å²) in [7, 11) is -3.67. The summed E-state index contributed by atoms with van der Waals surface area (Å²) in [4.78, 5) is 28.1. The van der Waals surface area contributed by atoms with Gasteiger partial charge in [-0.3, -0.25) is 14.5 Å². The van der Waals surface area contributed by atoms with Gasteiger partial charge in [0, 0.05) is 11.6 Å². The molecule has 0 saturated heterocycles. The number of fused-ring (bicyclic) bond motifs is 1. The molecule has 0 aliphatic carbocycles. The van der Waals surface area contributed by atoms with Crippen molar-refractivity contribution in [3.05, 3.63) is 29.8 Å². The van der Waals surface area contributed by atoms with Gasteiger partial charge >= 0.3 is 5.97 Å². The lowest BCUT2D eigenvalue weighted by atomic mass is 10.2. The molecule has 1 amide bonds. The second-order valence-electron chi connectivity index (χ2n) is 6.00. The van der Waals surface area contributed by atoms with E-state index in [0.29, 0.717) is 5.56 Å². The molecule has 0 unspecified atom stereocenters. The number of carbonyl (C=O) groups excluding carboxylic acids is 2. The third-order valence-corrected chi connectivity index (χ3v) is 4.82. The molecule has 2 N–H and O–H groups in total. The Hall–Kier alpha value is -2.42. The van der Waals surface area contributed by atoms with Crippen LogP contribution in [0.2, 0.25) is 0 Å². The summed E-state index contributed by atoms with van der Waals surface area (Å²) in [6, 6.07) is 5.30. The Kier molecular flexibility index (Phi) is 5.46. The summed E-state index contributed by atoms with van der Waals surface area (Å²) in [5.41, 5.74) is 0.396. The molecule has 1 heterocycles. The van der Waals surface area contributed by atoms with Crippen molar-refractivity contribution in [1.29, 1.82) is 0 Å². The van der Waals surface area contributed by atoms with Crippen molar-refractivity contribution in [2.45, 2.75) is 50.8 Å². The highest BCUT2D eigenvalue weighted by atomic mass is 32.2. The van der Waals surface area contributed by atoms with E-state index in [2.05, 4.69) is 15.0 Å². The summed E-state index contributed by atoms with van der Waals surface area (Å²) in [5.74, 6) is -1.04. The SMILES string of the molecule is CC(C)NC(=O)[C@@H](C)OC(=O)[C@H](C)N=C1NS(=O)(=O)c2ccccc21. The van der Waals surface area contributed by atoms with Gasteiger partial charge in [0.1, 0.15) is 11.9 Å². The standard InChI is InChI=1S/C16H21N3O5S/c1-9(2)17-15(20)11(4)24-16(21)10(3)18-14-12-7-5-6-8-13(12)25(22,23)19-14/h5-11H,1-4H3,(H,17,20)(H,18,19)/t10-,11+/m0/s1. The first kappa shape index (κ1) is 18.9. The van der Waals surface area contributed by atoms with Crippen molar-refractivity contribution in [3.8, 4) is 0 Å². The van der Waals surface area contributed by atoms with Crippen LogP contribution in [0.4, 0.5) is 0 Å². The minimum absolute atomic E-state index is 0.0734. The zero-order valence-electron chi connectivity index (χ0n) is 14.4. The molecule has 0 spiro atoms. The lowest BCUT2D eigenvalue weighted by Crippen LogP contribution is -2.40. The molecule has 8 nitrogen and oxygen atoms in total. The molecule has 9 heteroatoms. The third kappa shape index (κ3) is 4.36. The van der Waals surface area contributed by atoms with Crippen LogP contribution >= 0.6 is 0 Å². The minimum Gasteiger partial charge on any atom is -0.451 e. The Morgan fingerprint density at radius 2 is 1.80 bits per heavy atom. The van der Waals surface area contributed by atoms with Gasteiger partial charge in [0.25, 0.3) is 15.9 Å². The summed E-state index contributed by atoms with van der Waals surface area (Å²) in [5, 5.41) is 2.64. The number of hydrogen-bond donors (Lipinski definition) is 2. The Balaban J connectivity index is 2.12. The van der Waals surface area contributed by atoms with Gasteiger partial charge < -0.3 is 10.1 Å². The van der Waals surface area contributed by atoms with Crippen molar-refractivity contribution in [3.63, 3.8) is 0 Å². The zero-order valence-corrected chi connectivity index (χ0v) is 15.3. The number of hydrogen-bond acceptors (Lipinski definition) is 6. The van der Waals surface area contributed by atoms with E-state index in [4.69, 9.17) is 4.74 Å².